The quantitative estimate of drug-likeness (QED) is 0.734. The maximum Gasteiger partial charge on any atom is 0.138 e. The van der Waals surface area contributed by atoms with Crippen molar-refractivity contribution in [3.05, 3.63) is 42.7 Å². The average Bonchev–Trinajstić information content (AvgIpc) is 2.73. The maximum atomic E-state index is 5.35. The molecule has 0 aliphatic rings. The molecule has 78 valence electrons. The van der Waals surface area contributed by atoms with Gasteiger partial charge in [-0.25, -0.2) is 4.98 Å². The Kier molecular flexibility index (Phi) is 2.99. The second-order valence-electron chi connectivity index (χ2n) is 3.15. The van der Waals surface area contributed by atoms with Crippen LogP contribution in [0.4, 0.5) is 5.82 Å². The van der Waals surface area contributed by atoms with Crippen LogP contribution in [0.3, 0.4) is 0 Å². The van der Waals surface area contributed by atoms with Gasteiger partial charge >= 0.3 is 0 Å². The van der Waals surface area contributed by atoms with Gasteiger partial charge in [0.15, 0.2) is 0 Å². The molecular weight excluding hydrogens is 188 g/mol. The van der Waals surface area contributed by atoms with Crippen LogP contribution in [0.25, 0.3) is 5.65 Å². The monoisotopic (exact) mass is 202 g/mol. The predicted octanol–water partition coefficient (Wildman–Crippen LogP) is 1.26. The van der Waals surface area contributed by atoms with Crippen LogP contribution < -0.4 is 11.1 Å². The van der Waals surface area contributed by atoms with E-state index in [1.807, 2.05) is 40.9 Å². The second-order valence-corrected chi connectivity index (χ2v) is 3.15. The molecule has 4 heteroatoms. The molecule has 15 heavy (non-hydrogen) atoms. The maximum absolute atomic E-state index is 5.35. The zero-order chi connectivity index (χ0) is 10.5. The molecule has 0 aliphatic carbocycles. The molecule has 2 aromatic rings. The van der Waals surface area contributed by atoms with E-state index in [1.54, 1.807) is 6.20 Å². The number of imidazole rings is 1. The van der Waals surface area contributed by atoms with E-state index in [1.165, 1.54) is 0 Å². The van der Waals surface area contributed by atoms with E-state index < -0.39 is 0 Å². The van der Waals surface area contributed by atoms with Gasteiger partial charge < -0.3 is 11.1 Å². The number of nitrogens with two attached hydrogens (primary N) is 1. The summed E-state index contributed by atoms with van der Waals surface area (Å²) in [5.41, 5.74) is 6.30. The summed E-state index contributed by atoms with van der Waals surface area (Å²) in [6.07, 6.45) is 7.66. The second kappa shape index (κ2) is 4.61. The highest BCUT2D eigenvalue weighted by Crippen LogP contribution is 2.10. The van der Waals surface area contributed by atoms with E-state index in [0.717, 1.165) is 18.0 Å². The molecule has 0 saturated carbocycles. The van der Waals surface area contributed by atoms with Gasteiger partial charge in [0.1, 0.15) is 11.5 Å². The summed E-state index contributed by atoms with van der Waals surface area (Å²) in [6.45, 7) is 1.35. The molecule has 0 fully saturated rings. The highest BCUT2D eigenvalue weighted by molar-refractivity contribution is 5.49. The van der Waals surface area contributed by atoms with E-state index in [9.17, 15) is 0 Å². The lowest BCUT2D eigenvalue weighted by Crippen LogP contribution is -2.03. The lowest BCUT2D eigenvalue weighted by atomic mass is 10.4. The minimum absolute atomic E-state index is 0.580. The van der Waals surface area contributed by atoms with Gasteiger partial charge in [0.25, 0.3) is 0 Å². The molecule has 4 nitrogen and oxygen atoms in total. The Hall–Kier alpha value is -1.81. The predicted molar refractivity (Wildman–Crippen MR) is 61.9 cm³/mol. The van der Waals surface area contributed by atoms with Crippen molar-refractivity contribution < 1.29 is 0 Å². The lowest BCUT2D eigenvalue weighted by molar-refractivity contribution is 1.14. The van der Waals surface area contributed by atoms with Gasteiger partial charge in [-0.05, 0) is 12.1 Å². The molecule has 0 amide bonds. The first-order valence-corrected chi connectivity index (χ1v) is 4.93. The minimum atomic E-state index is 0.580. The number of hydrogen-bond donors (Lipinski definition) is 2. The molecule has 2 aromatic heterocycles. The van der Waals surface area contributed by atoms with Crippen LogP contribution in [0, 0.1) is 0 Å². The molecule has 0 radical (unpaired) electrons. The molecule has 2 heterocycles. The third-order valence-corrected chi connectivity index (χ3v) is 2.13. The molecule has 0 unspecified atom stereocenters. The first-order chi connectivity index (χ1) is 7.42. The summed E-state index contributed by atoms with van der Waals surface area (Å²) >= 11 is 0. The Bertz CT molecular complexity index is 458. The van der Waals surface area contributed by atoms with Crippen LogP contribution in [0.1, 0.15) is 0 Å². The summed E-state index contributed by atoms with van der Waals surface area (Å²) in [5.74, 6) is 1.03. The topological polar surface area (TPSA) is 55.3 Å². The van der Waals surface area contributed by atoms with Crippen molar-refractivity contribution in [1.29, 1.82) is 0 Å². The number of rotatable bonds is 4. The summed E-state index contributed by atoms with van der Waals surface area (Å²) in [7, 11) is 0. The summed E-state index contributed by atoms with van der Waals surface area (Å²) < 4.78 is 2.01. The molecule has 0 aliphatic heterocycles. The van der Waals surface area contributed by atoms with Crippen LogP contribution in [-0.4, -0.2) is 22.5 Å². The lowest BCUT2D eigenvalue weighted by Gasteiger charge is -2.05. The summed E-state index contributed by atoms with van der Waals surface area (Å²) in [5, 5.41) is 3.29. The number of nitrogens with one attached hydrogen (secondary N) is 1. The SMILES string of the molecule is NC/C=C/CNc1cccc2nccn12. The fourth-order valence-corrected chi connectivity index (χ4v) is 1.43. The number of pyridine rings is 1. The van der Waals surface area contributed by atoms with Crippen molar-refractivity contribution in [1.82, 2.24) is 9.38 Å². The fraction of sp³-hybridized carbons (Fsp3) is 0.182. The molecule has 3 N–H and O–H groups in total. The van der Waals surface area contributed by atoms with Crippen molar-refractivity contribution in [2.75, 3.05) is 18.4 Å². The standard InChI is InChI=1S/C11H14N4/c12-6-1-2-7-13-10-4-3-5-11-14-8-9-15(10)11/h1-5,8-9,13H,6-7,12H2/b2-1+. The number of anilines is 1. The fourth-order valence-electron chi connectivity index (χ4n) is 1.43. The van der Waals surface area contributed by atoms with E-state index >= 15 is 0 Å². The molecular formula is C11H14N4. The molecule has 0 aromatic carbocycles. The first kappa shape index (κ1) is 9.73. The van der Waals surface area contributed by atoms with Crippen molar-refractivity contribution in [2.45, 2.75) is 0 Å². The van der Waals surface area contributed by atoms with Gasteiger partial charge in [-0.2, -0.15) is 0 Å². The normalized spacial score (nSPS) is 11.3. The number of nitrogens with zero attached hydrogens (tertiary/aromatic N) is 2. The summed E-state index contributed by atoms with van der Waals surface area (Å²) in [6, 6.07) is 5.98. The summed E-state index contributed by atoms with van der Waals surface area (Å²) in [4.78, 5) is 4.21. The molecule has 0 saturated heterocycles. The van der Waals surface area contributed by atoms with Crippen molar-refractivity contribution in [3.63, 3.8) is 0 Å². The highest BCUT2D eigenvalue weighted by Gasteiger charge is 1.97. The Balaban J connectivity index is 2.13. The van der Waals surface area contributed by atoms with E-state index in [-0.39, 0.29) is 0 Å². The highest BCUT2D eigenvalue weighted by atomic mass is 15.1. The van der Waals surface area contributed by atoms with Crippen molar-refractivity contribution in [3.8, 4) is 0 Å². The van der Waals surface area contributed by atoms with Crippen molar-refractivity contribution >= 4 is 11.5 Å². The van der Waals surface area contributed by atoms with Crippen LogP contribution >= 0.6 is 0 Å². The van der Waals surface area contributed by atoms with Gasteiger partial charge in [-0.3, -0.25) is 4.40 Å². The largest absolute Gasteiger partial charge is 0.368 e. The van der Waals surface area contributed by atoms with Gasteiger partial charge in [0.05, 0.1) is 0 Å². The van der Waals surface area contributed by atoms with E-state index in [2.05, 4.69) is 10.3 Å². The first-order valence-electron chi connectivity index (χ1n) is 4.93. The molecule has 0 spiro atoms. The number of aromatic nitrogens is 2. The Morgan fingerprint density at radius 3 is 3.20 bits per heavy atom. The van der Waals surface area contributed by atoms with Crippen LogP contribution in [-0.2, 0) is 0 Å². The number of fused-ring (bicyclic) bond motifs is 1. The minimum Gasteiger partial charge on any atom is -0.368 e. The third kappa shape index (κ3) is 2.16. The average molecular weight is 202 g/mol. The Morgan fingerprint density at radius 2 is 2.33 bits per heavy atom. The van der Waals surface area contributed by atoms with Gasteiger partial charge in [-0.1, -0.05) is 18.2 Å². The van der Waals surface area contributed by atoms with Crippen LogP contribution in [0.2, 0.25) is 0 Å². The van der Waals surface area contributed by atoms with Crippen molar-refractivity contribution in [2.24, 2.45) is 5.73 Å². The Morgan fingerprint density at radius 1 is 1.40 bits per heavy atom. The third-order valence-electron chi connectivity index (χ3n) is 2.13. The van der Waals surface area contributed by atoms with E-state index in [4.69, 9.17) is 5.73 Å². The smallest absolute Gasteiger partial charge is 0.138 e. The molecule has 0 bridgehead atoms. The Labute approximate surface area is 88.4 Å². The molecule has 0 atom stereocenters. The number of hydrogen-bond acceptors (Lipinski definition) is 3. The molecule has 2 rings (SSSR count). The zero-order valence-corrected chi connectivity index (χ0v) is 8.43. The van der Waals surface area contributed by atoms with Crippen LogP contribution in [0.5, 0.6) is 0 Å². The van der Waals surface area contributed by atoms with Gasteiger partial charge in [-0.15, -0.1) is 0 Å². The van der Waals surface area contributed by atoms with Gasteiger partial charge in [0.2, 0.25) is 0 Å². The van der Waals surface area contributed by atoms with Crippen LogP contribution in [0.15, 0.2) is 42.7 Å². The zero-order valence-electron chi connectivity index (χ0n) is 8.43. The van der Waals surface area contributed by atoms with Gasteiger partial charge in [0, 0.05) is 25.5 Å². The van der Waals surface area contributed by atoms with E-state index in [0.29, 0.717) is 6.54 Å².